The second kappa shape index (κ2) is 7.73. The van der Waals surface area contributed by atoms with Gasteiger partial charge in [0.15, 0.2) is 0 Å². The number of benzene rings is 1. The van der Waals surface area contributed by atoms with E-state index in [2.05, 4.69) is 33.2 Å². The Kier molecular flexibility index (Phi) is 6.61. The van der Waals surface area contributed by atoms with Crippen molar-refractivity contribution < 1.29 is 9.53 Å². The smallest absolute Gasteiger partial charge is 0.239 e. The molecule has 0 atom stereocenters. The number of carbonyl (C=O) groups excluding carboxylic acids is 1. The number of rotatable bonds is 6. The van der Waals surface area contributed by atoms with Crippen LogP contribution in [-0.2, 0) is 9.53 Å². The van der Waals surface area contributed by atoms with E-state index < -0.39 is 0 Å². The predicted molar refractivity (Wildman–Crippen MR) is 77.5 cm³/mol. The first kappa shape index (κ1) is 14.5. The number of anilines is 1. The maximum Gasteiger partial charge on any atom is 0.239 e. The molecular formula is C11H14ClIN2O2. The van der Waals surface area contributed by atoms with Gasteiger partial charge in [0, 0.05) is 27.9 Å². The molecule has 0 saturated carbocycles. The molecule has 1 aromatic rings. The zero-order valence-corrected chi connectivity index (χ0v) is 12.3. The molecule has 17 heavy (non-hydrogen) atoms. The Labute approximate surface area is 119 Å². The quantitative estimate of drug-likeness (QED) is 0.597. The highest BCUT2D eigenvalue weighted by Gasteiger charge is 2.03. The van der Waals surface area contributed by atoms with Crippen LogP contribution in [-0.4, -0.2) is 32.7 Å². The molecule has 0 bridgehead atoms. The van der Waals surface area contributed by atoms with Gasteiger partial charge in [-0.05, 0) is 40.8 Å². The molecule has 0 saturated heterocycles. The Bertz CT molecular complexity index is 388. The van der Waals surface area contributed by atoms with Crippen LogP contribution in [0.5, 0.6) is 0 Å². The van der Waals surface area contributed by atoms with Crippen molar-refractivity contribution in [2.75, 3.05) is 32.1 Å². The first-order chi connectivity index (χ1) is 8.13. The molecule has 0 aromatic heterocycles. The van der Waals surface area contributed by atoms with Crippen molar-refractivity contribution in [2.24, 2.45) is 0 Å². The van der Waals surface area contributed by atoms with Gasteiger partial charge in [-0.2, -0.15) is 0 Å². The second-order valence-electron chi connectivity index (χ2n) is 3.32. The van der Waals surface area contributed by atoms with Crippen LogP contribution in [0.2, 0.25) is 5.02 Å². The van der Waals surface area contributed by atoms with E-state index in [0.29, 0.717) is 18.2 Å². The average Bonchev–Trinajstić information content (AvgIpc) is 2.28. The van der Waals surface area contributed by atoms with E-state index in [1.54, 1.807) is 13.2 Å². The van der Waals surface area contributed by atoms with Crippen LogP contribution in [0.1, 0.15) is 0 Å². The number of hydrogen-bond donors (Lipinski definition) is 2. The Morgan fingerprint density at radius 2 is 2.29 bits per heavy atom. The van der Waals surface area contributed by atoms with Crippen molar-refractivity contribution >= 4 is 45.8 Å². The fraction of sp³-hybridized carbons (Fsp3) is 0.364. The zero-order chi connectivity index (χ0) is 12.7. The standard InChI is InChI=1S/C11H14ClIN2O2/c1-17-5-4-14-11(16)7-15-10-3-2-8(12)6-9(10)13/h2-3,6,15H,4-5,7H2,1H3,(H,14,16). The Hall–Kier alpha value is -0.530. The summed E-state index contributed by atoms with van der Waals surface area (Å²) in [7, 11) is 1.60. The molecule has 0 aliphatic heterocycles. The minimum Gasteiger partial charge on any atom is -0.383 e. The fourth-order valence-electron chi connectivity index (χ4n) is 1.16. The lowest BCUT2D eigenvalue weighted by Gasteiger charge is -2.09. The molecule has 4 nitrogen and oxygen atoms in total. The highest BCUT2D eigenvalue weighted by atomic mass is 127. The molecule has 0 fully saturated rings. The average molecular weight is 369 g/mol. The molecule has 0 spiro atoms. The van der Waals surface area contributed by atoms with Gasteiger partial charge in [0.1, 0.15) is 0 Å². The summed E-state index contributed by atoms with van der Waals surface area (Å²) in [6.07, 6.45) is 0. The summed E-state index contributed by atoms with van der Waals surface area (Å²) in [5, 5.41) is 6.46. The van der Waals surface area contributed by atoms with E-state index in [4.69, 9.17) is 16.3 Å². The minimum atomic E-state index is -0.0622. The van der Waals surface area contributed by atoms with Gasteiger partial charge in [0.05, 0.1) is 13.2 Å². The van der Waals surface area contributed by atoms with Crippen molar-refractivity contribution in [1.29, 1.82) is 0 Å². The van der Waals surface area contributed by atoms with Crippen molar-refractivity contribution in [3.63, 3.8) is 0 Å². The third kappa shape index (κ3) is 5.56. The van der Waals surface area contributed by atoms with Crippen LogP contribution < -0.4 is 10.6 Å². The van der Waals surface area contributed by atoms with Crippen LogP contribution in [0.15, 0.2) is 18.2 Å². The zero-order valence-electron chi connectivity index (χ0n) is 9.43. The number of methoxy groups -OCH3 is 1. The summed E-state index contributed by atoms with van der Waals surface area (Å²) >= 11 is 8.01. The molecule has 0 unspecified atom stereocenters. The number of nitrogens with one attached hydrogen (secondary N) is 2. The summed E-state index contributed by atoms with van der Waals surface area (Å²) in [6.45, 7) is 1.28. The van der Waals surface area contributed by atoms with Gasteiger partial charge in [0.25, 0.3) is 0 Å². The summed E-state index contributed by atoms with van der Waals surface area (Å²) in [4.78, 5) is 11.4. The largest absolute Gasteiger partial charge is 0.383 e. The number of hydrogen-bond acceptors (Lipinski definition) is 3. The first-order valence-electron chi connectivity index (χ1n) is 5.08. The topological polar surface area (TPSA) is 50.4 Å². The van der Waals surface area contributed by atoms with Gasteiger partial charge < -0.3 is 15.4 Å². The lowest BCUT2D eigenvalue weighted by Crippen LogP contribution is -2.32. The van der Waals surface area contributed by atoms with Crippen molar-refractivity contribution in [3.05, 3.63) is 26.8 Å². The summed E-state index contributed by atoms with van der Waals surface area (Å²) in [5.41, 5.74) is 0.900. The van der Waals surface area contributed by atoms with E-state index in [-0.39, 0.29) is 12.5 Å². The van der Waals surface area contributed by atoms with Gasteiger partial charge in [-0.3, -0.25) is 4.79 Å². The van der Waals surface area contributed by atoms with Crippen LogP contribution in [0.3, 0.4) is 0 Å². The van der Waals surface area contributed by atoms with Crippen LogP contribution >= 0.6 is 34.2 Å². The van der Waals surface area contributed by atoms with E-state index in [1.807, 2.05) is 12.1 Å². The van der Waals surface area contributed by atoms with Gasteiger partial charge >= 0.3 is 0 Å². The van der Waals surface area contributed by atoms with Crippen LogP contribution in [0.25, 0.3) is 0 Å². The molecule has 0 aliphatic rings. The summed E-state index contributed by atoms with van der Waals surface area (Å²) in [6, 6.07) is 5.48. The van der Waals surface area contributed by atoms with Crippen LogP contribution in [0.4, 0.5) is 5.69 Å². The minimum absolute atomic E-state index is 0.0622. The SMILES string of the molecule is COCCNC(=O)CNc1ccc(Cl)cc1I. The van der Waals surface area contributed by atoms with Gasteiger partial charge in [0.2, 0.25) is 5.91 Å². The van der Waals surface area contributed by atoms with E-state index in [0.717, 1.165) is 9.26 Å². The van der Waals surface area contributed by atoms with E-state index in [9.17, 15) is 4.79 Å². The number of carbonyl (C=O) groups is 1. The molecule has 1 amide bonds. The van der Waals surface area contributed by atoms with Gasteiger partial charge in [-0.15, -0.1) is 0 Å². The number of halogens is 2. The van der Waals surface area contributed by atoms with E-state index >= 15 is 0 Å². The third-order valence-electron chi connectivity index (χ3n) is 2.00. The Morgan fingerprint density at radius 3 is 2.94 bits per heavy atom. The Morgan fingerprint density at radius 1 is 1.53 bits per heavy atom. The van der Waals surface area contributed by atoms with Gasteiger partial charge in [-0.1, -0.05) is 11.6 Å². The second-order valence-corrected chi connectivity index (χ2v) is 4.92. The highest BCUT2D eigenvalue weighted by molar-refractivity contribution is 14.1. The summed E-state index contributed by atoms with van der Waals surface area (Å²) in [5.74, 6) is -0.0622. The first-order valence-corrected chi connectivity index (χ1v) is 6.53. The molecule has 94 valence electrons. The molecule has 0 aliphatic carbocycles. The predicted octanol–water partition coefficient (Wildman–Crippen LogP) is 2.12. The molecule has 6 heteroatoms. The molecule has 0 heterocycles. The third-order valence-corrected chi connectivity index (χ3v) is 3.13. The molecule has 1 aromatic carbocycles. The molecule has 1 rings (SSSR count). The van der Waals surface area contributed by atoms with Crippen LogP contribution in [0, 0.1) is 3.57 Å². The van der Waals surface area contributed by atoms with Gasteiger partial charge in [-0.25, -0.2) is 0 Å². The molecule has 0 radical (unpaired) electrons. The fourth-order valence-corrected chi connectivity index (χ4v) is 2.23. The van der Waals surface area contributed by atoms with Crippen molar-refractivity contribution in [2.45, 2.75) is 0 Å². The van der Waals surface area contributed by atoms with Crippen molar-refractivity contribution in [3.8, 4) is 0 Å². The maximum absolute atomic E-state index is 11.4. The lowest BCUT2D eigenvalue weighted by molar-refractivity contribution is -0.119. The summed E-state index contributed by atoms with van der Waals surface area (Å²) < 4.78 is 5.82. The van der Waals surface area contributed by atoms with E-state index in [1.165, 1.54) is 0 Å². The number of amides is 1. The molecular weight excluding hydrogens is 354 g/mol. The number of ether oxygens (including phenoxy) is 1. The Balaban J connectivity index is 2.37. The van der Waals surface area contributed by atoms with Crippen molar-refractivity contribution in [1.82, 2.24) is 5.32 Å². The normalized spacial score (nSPS) is 10.1. The highest BCUT2D eigenvalue weighted by Crippen LogP contribution is 2.21. The monoisotopic (exact) mass is 368 g/mol. The lowest BCUT2D eigenvalue weighted by atomic mass is 10.3. The maximum atomic E-state index is 11.4. The molecule has 2 N–H and O–H groups in total.